The number of carbonyl (C=O) groups is 1. The van der Waals surface area contributed by atoms with Crippen molar-refractivity contribution >= 4 is 46.4 Å². The zero-order chi connectivity index (χ0) is 23.9. The summed E-state index contributed by atoms with van der Waals surface area (Å²) in [5, 5.41) is 1.58. The topological polar surface area (TPSA) is 32.8 Å². The number of ether oxygens (including phenoxy) is 1. The summed E-state index contributed by atoms with van der Waals surface area (Å²) >= 11 is 18.5. The Hall–Kier alpha value is -2.24. The molecular formula is C27H25Cl3N2O2. The molecule has 7 heteroatoms. The molecule has 4 nitrogen and oxygen atoms in total. The van der Waals surface area contributed by atoms with E-state index in [9.17, 15) is 4.79 Å². The highest BCUT2D eigenvalue weighted by Gasteiger charge is 2.46. The van der Waals surface area contributed by atoms with Crippen molar-refractivity contribution < 1.29 is 9.53 Å². The van der Waals surface area contributed by atoms with Crippen LogP contribution in [0.5, 0.6) is 5.75 Å². The fraction of sp³-hybridized carbons (Fsp3) is 0.296. The van der Waals surface area contributed by atoms with Gasteiger partial charge in [-0.15, -0.1) is 0 Å². The van der Waals surface area contributed by atoms with Crippen LogP contribution in [0.2, 0.25) is 15.1 Å². The van der Waals surface area contributed by atoms with Crippen molar-refractivity contribution in [3.8, 4) is 5.75 Å². The van der Waals surface area contributed by atoms with Crippen LogP contribution in [-0.2, 0) is 12.0 Å². The number of piperidine rings is 1. The molecule has 0 unspecified atom stereocenters. The Morgan fingerprint density at radius 3 is 2.47 bits per heavy atom. The summed E-state index contributed by atoms with van der Waals surface area (Å²) in [5.74, 6) is 0.742. The highest BCUT2D eigenvalue weighted by Crippen LogP contribution is 2.49. The first-order chi connectivity index (χ1) is 16.4. The van der Waals surface area contributed by atoms with Gasteiger partial charge < -0.3 is 9.64 Å². The Balaban J connectivity index is 1.41. The molecule has 2 aliphatic heterocycles. The molecule has 5 rings (SSSR count). The molecule has 0 bridgehead atoms. The van der Waals surface area contributed by atoms with Crippen LogP contribution in [0.4, 0.5) is 5.69 Å². The highest BCUT2D eigenvalue weighted by molar-refractivity contribution is 6.42. The molecule has 1 fully saturated rings. The lowest BCUT2D eigenvalue weighted by molar-refractivity contribution is 0.0975. The van der Waals surface area contributed by atoms with E-state index < -0.39 is 0 Å². The molecule has 1 amide bonds. The highest BCUT2D eigenvalue weighted by atomic mass is 35.5. The smallest absolute Gasteiger partial charge is 0.258 e. The number of methoxy groups -OCH3 is 1. The van der Waals surface area contributed by atoms with E-state index in [1.165, 1.54) is 11.1 Å². The molecular weight excluding hydrogens is 491 g/mol. The molecule has 0 aromatic heterocycles. The number of benzene rings is 3. The van der Waals surface area contributed by atoms with E-state index in [1.54, 1.807) is 25.3 Å². The lowest BCUT2D eigenvalue weighted by Crippen LogP contribution is -2.45. The molecule has 176 valence electrons. The van der Waals surface area contributed by atoms with Gasteiger partial charge in [0, 0.05) is 34.8 Å². The predicted molar refractivity (Wildman–Crippen MR) is 139 cm³/mol. The molecule has 34 heavy (non-hydrogen) atoms. The zero-order valence-electron chi connectivity index (χ0n) is 18.9. The third kappa shape index (κ3) is 4.40. The predicted octanol–water partition coefficient (Wildman–Crippen LogP) is 6.85. The van der Waals surface area contributed by atoms with E-state index in [4.69, 9.17) is 39.5 Å². The normalized spacial score (nSPS) is 17.1. The van der Waals surface area contributed by atoms with Gasteiger partial charge in [0.2, 0.25) is 0 Å². The van der Waals surface area contributed by atoms with E-state index >= 15 is 0 Å². The maximum Gasteiger partial charge on any atom is 0.258 e. The lowest BCUT2D eigenvalue weighted by atomic mass is 9.74. The Bertz CT molecular complexity index is 1240. The summed E-state index contributed by atoms with van der Waals surface area (Å²) < 4.78 is 5.54. The molecule has 1 spiro atoms. The number of amides is 1. The maximum atomic E-state index is 13.6. The Morgan fingerprint density at radius 1 is 0.971 bits per heavy atom. The van der Waals surface area contributed by atoms with E-state index in [0.717, 1.165) is 48.9 Å². The summed E-state index contributed by atoms with van der Waals surface area (Å²) in [4.78, 5) is 17.9. The molecule has 3 aromatic rings. The standard InChI is InChI=1S/C27H25Cl3N2O2/c1-34-21-6-8-25-22(15-21)27(17-32(25)26(33)19-5-7-23(29)24(30)14-19)9-11-31(12-10-27)16-18-3-2-4-20(28)13-18/h2-8,13-15H,9-12,16-17H2,1H3. The third-order valence-corrected chi connectivity index (χ3v) is 8.02. The van der Waals surface area contributed by atoms with Crippen LogP contribution in [-0.4, -0.2) is 37.6 Å². The van der Waals surface area contributed by atoms with Crippen molar-refractivity contribution in [1.29, 1.82) is 0 Å². The van der Waals surface area contributed by atoms with Gasteiger partial charge in [0.05, 0.1) is 17.2 Å². The van der Waals surface area contributed by atoms with Gasteiger partial charge in [-0.05, 0) is 85.6 Å². The molecule has 0 atom stereocenters. The van der Waals surface area contributed by atoms with Crippen LogP contribution >= 0.6 is 34.8 Å². The Morgan fingerprint density at radius 2 is 1.76 bits per heavy atom. The third-order valence-electron chi connectivity index (χ3n) is 7.05. The van der Waals surface area contributed by atoms with Gasteiger partial charge in [0.1, 0.15) is 5.75 Å². The van der Waals surface area contributed by atoms with Crippen molar-refractivity contribution in [2.45, 2.75) is 24.8 Å². The minimum atomic E-state index is -0.111. The maximum absolute atomic E-state index is 13.6. The number of hydrogen-bond acceptors (Lipinski definition) is 3. The summed E-state index contributed by atoms with van der Waals surface area (Å²) in [6.07, 6.45) is 1.91. The van der Waals surface area contributed by atoms with Gasteiger partial charge in [0.25, 0.3) is 5.91 Å². The van der Waals surface area contributed by atoms with Gasteiger partial charge in [-0.3, -0.25) is 9.69 Å². The van der Waals surface area contributed by atoms with Gasteiger partial charge in [0.15, 0.2) is 0 Å². The Labute approximate surface area is 215 Å². The molecule has 0 aliphatic carbocycles. The van der Waals surface area contributed by atoms with Crippen molar-refractivity contribution in [3.63, 3.8) is 0 Å². The zero-order valence-corrected chi connectivity index (χ0v) is 21.1. The fourth-order valence-corrected chi connectivity index (χ4v) is 5.71. The second-order valence-corrected chi connectivity index (χ2v) is 10.3. The van der Waals surface area contributed by atoms with Gasteiger partial charge in [-0.25, -0.2) is 0 Å². The SMILES string of the molecule is COc1ccc2c(c1)C1(CCN(Cc3cccc(Cl)c3)CC1)CN2C(=O)c1ccc(Cl)c(Cl)c1. The fourth-order valence-electron chi connectivity index (χ4n) is 5.20. The average molecular weight is 516 g/mol. The van der Waals surface area contributed by atoms with Gasteiger partial charge >= 0.3 is 0 Å². The number of likely N-dealkylation sites (tertiary alicyclic amines) is 1. The summed E-state index contributed by atoms with van der Waals surface area (Å²) in [5.41, 5.74) is 3.77. The number of hydrogen-bond donors (Lipinski definition) is 0. The van der Waals surface area contributed by atoms with Crippen LogP contribution in [0.25, 0.3) is 0 Å². The van der Waals surface area contributed by atoms with Crippen LogP contribution < -0.4 is 9.64 Å². The van der Waals surface area contributed by atoms with Crippen molar-refractivity contribution in [2.75, 3.05) is 31.6 Å². The minimum Gasteiger partial charge on any atom is -0.497 e. The number of halogens is 3. The van der Waals surface area contributed by atoms with Crippen LogP contribution in [0.15, 0.2) is 60.7 Å². The molecule has 3 aromatic carbocycles. The monoisotopic (exact) mass is 514 g/mol. The van der Waals surface area contributed by atoms with E-state index in [1.807, 2.05) is 35.2 Å². The number of carbonyl (C=O) groups excluding carboxylic acids is 1. The molecule has 2 heterocycles. The van der Waals surface area contributed by atoms with Crippen LogP contribution in [0.1, 0.15) is 34.3 Å². The number of rotatable bonds is 4. The van der Waals surface area contributed by atoms with E-state index in [2.05, 4.69) is 17.0 Å². The number of anilines is 1. The number of nitrogens with zero attached hydrogens (tertiary/aromatic N) is 2. The molecule has 0 saturated carbocycles. The average Bonchev–Trinajstić information content (AvgIpc) is 3.15. The molecule has 1 saturated heterocycles. The largest absolute Gasteiger partial charge is 0.497 e. The van der Waals surface area contributed by atoms with Gasteiger partial charge in [-0.2, -0.15) is 0 Å². The first-order valence-electron chi connectivity index (χ1n) is 11.3. The van der Waals surface area contributed by atoms with Crippen LogP contribution in [0.3, 0.4) is 0 Å². The summed E-state index contributed by atoms with van der Waals surface area (Å²) in [6.45, 7) is 3.39. The van der Waals surface area contributed by atoms with Crippen molar-refractivity contribution in [3.05, 3.63) is 92.4 Å². The molecule has 0 radical (unpaired) electrons. The van der Waals surface area contributed by atoms with E-state index in [0.29, 0.717) is 22.2 Å². The first-order valence-corrected chi connectivity index (χ1v) is 12.4. The van der Waals surface area contributed by atoms with Crippen LogP contribution in [0, 0.1) is 0 Å². The first kappa shape index (κ1) is 23.5. The summed E-state index contributed by atoms with van der Waals surface area (Å²) in [7, 11) is 1.68. The number of fused-ring (bicyclic) bond motifs is 2. The Kier molecular flexibility index (Phi) is 6.51. The van der Waals surface area contributed by atoms with Gasteiger partial charge in [-0.1, -0.05) is 46.9 Å². The summed E-state index contributed by atoms with van der Waals surface area (Å²) in [6, 6.07) is 19.1. The lowest BCUT2D eigenvalue weighted by Gasteiger charge is -2.40. The molecule has 2 aliphatic rings. The van der Waals surface area contributed by atoms with Crippen molar-refractivity contribution in [1.82, 2.24) is 4.90 Å². The quantitative estimate of drug-likeness (QED) is 0.381. The second kappa shape index (κ2) is 9.43. The molecule has 0 N–H and O–H groups in total. The van der Waals surface area contributed by atoms with E-state index in [-0.39, 0.29) is 11.3 Å². The van der Waals surface area contributed by atoms with Crippen molar-refractivity contribution in [2.24, 2.45) is 0 Å². The second-order valence-electron chi connectivity index (χ2n) is 9.09. The minimum absolute atomic E-state index is 0.0665.